The third kappa shape index (κ3) is 6.72. The summed E-state index contributed by atoms with van der Waals surface area (Å²) in [5.74, 6) is 0.968. The Morgan fingerprint density at radius 3 is 2.60 bits per heavy atom. The van der Waals surface area contributed by atoms with Crippen LogP contribution in [0.4, 0.5) is 0 Å². The minimum atomic E-state index is 0.968. The summed E-state index contributed by atoms with van der Waals surface area (Å²) in [7, 11) is 4.36. The third-order valence-corrected chi connectivity index (χ3v) is 3.38. The molecule has 1 rings (SSSR count). The van der Waals surface area contributed by atoms with Crippen molar-refractivity contribution in [3.8, 4) is 0 Å². The molecule has 1 nitrogen and oxygen atoms in total. The zero-order chi connectivity index (χ0) is 10.9. The largest absolute Gasteiger partial charge is 0.309 e. The molecule has 0 heterocycles. The lowest BCUT2D eigenvalue weighted by atomic mass is 9.91. The molecule has 0 N–H and O–H groups in total. The molecule has 88 valence electrons. The van der Waals surface area contributed by atoms with Gasteiger partial charge in [-0.2, -0.15) is 0 Å². The number of nitrogens with zero attached hydrogens (tertiary/aromatic N) is 1. The van der Waals surface area contributed by atoms with Crippen molar-refractivity contribution in [2.75, 3.05) is 20.6 Å². The molecule has 0 aliphatic heterocycles. The van der Waals surface area contributed by atoms with Gasteiger partial charge in [-0.05, 0) is 58.7 Å². The van der Waals surface area contributed by atoms with E-state index in [9.17, 15) is 0 Å². The van der Waals surface area contributed by atoms with Crippen LogP contribution in [0.15, 0.2) is 12.2 Å². The molecule has 0 aromatic carbocycles. The molecule has 0 aromatic heterocycles. The summed E-state index contributed by atoms with van der Waals surface area (Å²) in [6.45, 7) is 1.26. The summed E-state index contributed by atoms with van der Waals surface area (Å²) in [5.41, 5.74) is 0. The van der Waals surface area contributed by atoms with Crippen molar-refractivity contribution in [1.82, 2.24) is 4.90 Å². The van der Waals surface area contributed by atoms with Gasteiger partial charge in [0.25, 0.3) is 0 Å². The average molecular weight is 209 g/mol. The maximum Gasteiger partial charge on any atom is -0.00222 e. The summed E-state index contributed by atoms with van der Waals surface area (Å²) in [6.07, 6.45) is 15.9. The molecule has 0 spiro atoms. The second-order valence-corrected chi connectivity index (χ2v) is 5.14. The molecule has 0 saturated carbocycles. The quantitative estimate of drug-likeness (QED) is 0.638. The molecule has 0 radical (unpaired) electrons. The van der Waals surface area contributed by atoms with Crippen LogP contribution in [-0.4, -0.2) is 25.5 Å². The van der Waals surface area contributed by atoms with E-state index in [0.717, 1.165) is 5.92 Å². The maximum absolute atomic E-state index is 2.40. The van der Waals surface area contributed by atoms with Crippen LogP contribution in [0.25, 0.3) is 0 Å². The standard InChI is InChI=1S/C14H27N/c1-15(2)13-12-14-10-8-6-4-3-5-7-9-11-14/h4,6,14H,3,5,7-13H2,1-2H3/b6-4-. The number of hydrogen-bond acceptors (Lipinski definition) is 1. The third-order valence-electron chi connectivity index (χ3n) is 3.38. The first-order valence-corrected chi connectivity index (χ1v) is 6.59. The van der Waals surface area contributed by atoms with Gasteiger partial charge in [-0.1, -0.05) is 31.4 Å². The monoisotopic (exact) mass is 209 g/mol. The molecule has 0 aromatic rings. The summed E-state index contributed by atoms with van der Waals surface area (Å²) < 4.78 is 0. The van der Waals surface area contributed by atoms with E-state index < -0.39 is 0 Å². The van der Waals surface area contributed by atoms with Crippen LogP contribution in [0, 0.1) is 5.92 Å². The average Bonchev–Trinajstić information content (AvgIpc) is 2.23. The summed E-state index contributed by atoms with van der Waals surface area (Å²) in [4.78, 5) is 2.31. The smallest absolute Gasteiger partial charge is 0.00222 e. The van der Waals surface area contributed by atoms with Crippen LogP contribution >= 0.6 is 0 Å². The number of hydrogen-bond donors (Lipinski definition) is 0. The minimum absolute atomic E-state index is 0.968. The molecule has 15 heavy (non-hydrogen) atoms. The van der Waals surface area contributed by atoms with E-state index in [1.807, 2.05) is 0 Å². The summed E-state index contributed by atoms with van der Waals surface area (Å²) in [5, 5.41) is 0. The van der Waals surface area contributed by atoms with Crippen molar-refractivity contribution in [3.05, 3.63) is 12.2 Å². The fraction of sp³-hybridized carbons (Fsp3) is 0.857. The van der Waals surface area contributed by atoms with E-state index in [4.69, 9.17) is 0 Å². The Morgan fingerprint density at radius 1 is 1.00 bits per heavy atom. The van der Waals surface area contributed by atoms with Gasteiger partial charge in [0, 0.05) is 0 Å². The first kappa shape index (κ1) is 12.8. The highest BCUT2D eigenvalue weighted by Crippen LogP contribution is 2.21. The van der Waals surface area contributed by atoms with Crippen molar-refractivity contribution in [1.29, 1.82) is 0 Å². The van der Waals surface area contributed by atoms with Crippen molar-refractivity contribution >= 4 is 0 Å². The zero-order valence-corrected chi connectivity index (χ0v) is 10.5. The highest BCUT2D eigenvalue weighted by Gasteiger charge is 2.08. The van der Waals surface area contributed by atoms with Crippen LogP contribution < -0.4 is 0 Å². The highest BCUT2D eigenvalue weighted by molar-refractivity contribution is 4.83. The van der Waals surface area contributed by atoms with Gasteiger partial charge in [0.05, 0.1) is 0 Å². The van der Waals surface area contributed by atoms with Gasteiger partial charge in [0.1, 0.15) is 0 Å². The summed E-state index contributed by atoms with van der Waals surface area (Å²) in [6, 6.07) is 0. The van der Waals surface area contributed by atoms with Crippen LogP contribution in [-0.2, 0) is 0 Å². The first-order chi connectivity index (χ1) is 7.29. The molecule has 0 bridgehead atoms. The molecular weight excluding hydrogens is 182 g/mol. The Hall–Kier alpha value is -0.300. The van der Waals surface area contributed by atoms with E-state index in [1.165, 1.54) is 57.9 Å². The SMILES string of the molecule is CN(C)CCC1CC/C=C\CCCCC1. The lowest BCUT2D eigenvalue weighted by Gasteiger charge is -2.19. The van der Waals surface area contributed by atoms with Crippen LogP contribution in [0.2, 0.25) is 0 Å². The second kappa shape index (κ2) is 7.92. The molecule has 1 heteroatoms. The Kier molecular flexibility index (Phi) is 6.74. The van der Waals surface area contributed by atoms with E-state index in [2.05, 4.69) is 31.1 Å². The Morgan fingerprint density at radius 2 is 1.80 bits per heavy atom. The molecule has 0 amide bonds. The van der Waals surface area contributed by atoms with Gasteiger partial charge in [-0.25, -0.2) is 0 Å². The van der Waals surface area contributed by atoms with E-state index in [0.29, 0.717) is 0 Å². The van der Waals surface area contributed by atoms with E-state index in [-0.39, 0.29) is 0 Å². The van der Waals surface area contributed by atoms with Crippen molar-refractivity contribution < 1.29 is 0 Å². The van der Waals surface area contributed by atoms with Gasteiger partial charge in [0.15, 0.2) is 0 Å². The van der Waals surface area contributed by atoms with Gasteiger partial charge >= 0.3 is 0 Å². The Labute approximate surface area is 95.5 Å². The molecule has 0 saturated heterocycles. The Balaban J connectivity index is 2.26. The molecule has 0 fully saturated rings. The van der Waals surface area contributed by atoms with Gasteiger partial charge in [0.2, 0.25) is 0 Å². The van der Waals surface area contributed by atoms with Crippen molar-refractivity contribution in [2.24, 2.45) is 5.92 Å². The second-order valence-electron chi connectivity index (χ2n) is 5.14. The summed E-state index contributed by atoms with van der Waals surface area (Å²) >= 11 is 0. The topological polar surface area (TPSA) is 3.24 Å². The van der Waals surface area contributed by atoms with Crippen LogP contribution in [0.5, 0.6) is 0 Å². The number of rotatable bonds is 3. The van der Waals surface area contributed by atoms with E-state index >= 15 is 0 Å². The normalized spacial score (nSPS) is 26.5. The maximum atomic E-state index is 2.40. The van der Waals surface area contributed by atoms with Crippen LogP contribution in [0.1, 0.15) is 51.4 Å². The molecule has 1 aliphatic carbocycles. The Bertz CT molecular complexity index is 172. The zero-order valence-electron chi connectivity index (χ0n) is 10.5. The molecule has 1 aliphatic rings. The number of allylic oxidation sites excluding steroid dienone is 2. The molecule has 1 unspecified atom stereocenters. The van der Waals surface area contributed by atoms with Gasteiger partial charge in [-0.15, -0.1) is 0 Å². The van der Waals surface area contributed by atoms with Gasteiger partial charge in [-0.3, -0.25) is 0 Å². The highest BCUT2D eigenvalue weighted by atomic mass is 15.0. The van der Waals surface area contributed by atoms with Crippen molar-refractivity contribution in [3.63, 3.8) is 0 Å². The van der Waals surface area contributed by atoms with Crippen LogP contribution in [0.3, 0.4) is 0 Å². The predicted molar refractivity (Wildman–Crippen MR) is 68.1 cm³/mol. The molecular formula is C14H27N. The first-order valence-electron chi connectivity index (χ1n) is 6.59. The lowest BCUT2D eigenvalue weighted by molar-refractivity contribution is 0.322. The fourth-order valence-corrected chi connectivity index (χ4v) is 2.31. The molecule has 1 atom stereocenters. The van der Waals surface area contributed by atoms with E-state index in [1.54, 1.807) is 0 Å². The van der Waals surface area contributed by atoms with Crippen molar-refractivity contribution in [2.45, 2.75) is 51.4 Å². The fourth-order valence-electron chi connectivity index (χ4n) is 2.31. The van der Waals surface area contributed by atoms with Gasteiger partial charge < -0.3 is 4.90 Å². The minimum Gasteiger partial charge on any atom is -0.309 e. The predicted octanol–water partition coefficient (Wildman–Crippen LogP) is 3.85. The lowest BCUT2D eigenvalue weighted by Crippen LogP contribution is -2.16.